The van der Waals surface area contributed by atoms with Crippen LogP contribution in [0.1, 0.15) is 0 Å². The number of benzene rings is 7. The summed E-state index contributed by atoms with van der Waals surface area (Å²) in [7, 11) is 0. The molecule has 7 aromatic carbocycles. The van der Waals surface area contributed by atoms with Crippen LogP contribution in [0.2, 0.25) is 0 Å². The number of nitrogens with zero attached hydrogens (tertiary/aromatic N) is 5. The zero-order chi connectivity index (χ0) is 34.2. The molecule has 52 heavy (non-hydrogen) atoms. The van der Waals surface area contributed by atoms with E-state index in [1.54, 1.807) is 6.33 Å². The van der Waals surface area contributed by atoms with Gasteiger partial charge in [0.2, 0.25) is 0 Å². The van der Waals surface area contributed by atoms with Crippen LogP contribution in [0, 0.1) is 0 Å². The molecule has 5 nitrogen and oxygen atoms in total. The van der Waals surface area contributed by atoms with Crippen molar-refractivity contribution < 1.29 is 0 Å². The molecule has 5 heteroatoms. The average molecular weight is 664 g/mol. The van der Waals surface area contributed by atoms with Crippen LogP contribution in [-0.2, 0) is 0 Å². The van der Waals surface area contributed by atoms with E-state index < -0.39 is 0 Å². The first kappa shape index (κ1) is 28.7. The van der Waals surface area contributed by atoms with Crippen molar-refractivity contribution in [1.29, 1.82) is 0 Å². The largest absolute Gasteiger partial charge is 0.294 e. The number of pyridine rings is 1. The molecule has 0 N–H and O–H groups in total. The molecule has 0 saturated carbocycles. The van der Waals surface area contributed by atoms with Crippen molar-refractivity contribution in [3.63, 3.8) is 0 Å². The van der Waals surface area contributed by atoms with Gasteiger partial charge in [0, 0.05) is 33.2 Å². The molecule has 0 bridgehead atoms. The minimum absolute atomic E-state index is 0.820. The Kier molecular flexibility index (Phi) is 6.18. The number of fused-ring (bicyclic) bond motifs is 11. The predicted octanol–water partition coefficient (Wildman–Crippen LogP) is 11.7. The van der Waals surface area contributed by atoms with Gasteiger partial charge in [0.25, 0.3) is 0 Å². The second-order valence-corrected chi connectivity index (χ2v) is 13.3. The van der Waals surface area contributed by atoms with Gasteiger partial charge in [-0.15, -0.1) is 0 Å². The fraction of sp³-hybridized carbons (Fsp3) is 0. The maximum absolute atomic E-state index is 5.12. The van der Waals surface area contributed by atoms with Crippen LogP contribution >= 0.6 is 0 Å². The van der Waals surface area contributed by atoms with Crippen LogP contribution in [-0.4, -0.2) is 23.9 Å². The van der Waals surface area contributed by atoms with Crippen LogP contribution in [0.25, 0.3) is 99.5 Å². The molecule has 11 aromatic rings. The third-order valence-corrected chi connectivity index (χ3v) is 10.4. The number of hydrogen-bond acceptors (Lipinski definition) is 3. The Hall–Kier alpha value is -7.11. The highest BCUT2D eigenvalue weighted by molar-refractivity contribution is 6.20. The number of para-hydroxylation sites is 3. The van der Waals surface area contributed by atoms with Gasteiger partial charge in [0.05, 0.1) is 33.3 Å². The van der Waals surface area contributed by atoms with Crippen molar-refractivity contribution in [2.75, 3.05) is 0 Å². The monoisotopic (exact) mass is 663 g/mol. The van der Waals surface area contributed by atoms with Crippen LogP contribution in [0.15, 0.2) is 176 Å². The van der Waals surface area contributed by atoms with E-state index in [0.717, 1.165) is 66.8 Å². The topological polar surface area (TPSA) is 48.0 Å². The second-order valence-electron chi connectivity index (χ2n) is 13.3. The molecule has 242 valence electrons. The van der Waals surface area contributed by atoms with Gasteiger partial charge in [-0.05, 0) is 64.0 Å². The van der Waals surface area contributed by atoms with E-state index in [1.807, 2.05) is 6.07 Å². The van der Waals surface area contributed by atoms with E-state index >= 15 is 0 Å². The van der Waals surface area contributed by atoms with Gasteiger partial charge in [-0.1, -0.05) is 127 Å². The molecule has 0 amide bonds. The molecule has 0 fully saturated rings. The van der Waals surface area contributed by atoms with Crippen molar-refractivity contribution in [3.8, 4) is 39.3 Å². The minimum atomic E-state index is 0.820. The van der Waals surface area contributed by atoms with E-state index in [-0.39, 0.29) is 0 Å². The number of rotatable bonds is 4. The normalized spacial score (nSPS) is 11.8. The Morgan fingerprint density at radius 2 is 1.00 bits per heavy atom. The predicted molar refractivity (Wildman–Crippen MR) is 214 cm³/mol. The summed E-state index contributed by atoms with van der Waals surface area (Å²) in [5, 5.41) is 5.89. The highest BCUT2D eigenvalue weighted by atomic mass is 15.1. The third kappa shape index (κ3) is 4.33. The summed E-state index contributed by atoms with van der Waals surface area (Å²) in [5.41, 5.74) is 13.0. The molecule has 4 heterocycles. The van der Waals surface area contributed by atoms with E-state index in [4.69, 9.17) is 15.0 Å². The number of imidazole rings is 1. The minimum Gasteiger partial charge on any atom is -0.294 e. The first-order chi connectivity index (χ1) is 25.8. The summed E-state index contributed by atoms with van der Waals surface area (Å²) in [6.07, 6.45) is 1.68. The summed E-state index contributed by atoms with van der Waals surface area (Å²) in [5.74, 6) is 0.820. The highest BCUT2D eigenvalue weighted by Gasteiger charge is 2.19. The van der Waals surface area contributed by atoms with Crippen molar-refractivity contribution >= 4 is 60.2 Å². The number of aromatic nitrogens is 5. The van der Waals surface area contributed by atoms with E-state index in [1.165, 1.54) is 32.7 Å². The lowest BCUT2D eigenvalue weighted by Crippen LogP contribution is -2.00. The second kappa shape index (κ2) is 11.2. The Balaban J connectivity index is 1.10. The van der Waals surface area contributed by atoms with Crippen molar-refractivity contribution in [2.24, 2.45) is 0 Å². The molecular weight excluding hydrogens is 635 g/mol. The average Bonchev–Trinajstić information content (AvgIpc) is 3.77. The summed E-state index contributed by atoms with van der Waals surface area (Å²) in [6, 6.07) is 60.3. The molecule has 0 aliphatic heterocycles. The lowest BCUT2D eigenvalue weighted by atomic mass is 9.98. The Morgan fingerprint density at radius 3 is 1.85 bits per heavy atom. The van der Waals surface area contributed by atoms with Gasteiger partial charge in [-0.25, -0.2) is 15.0 Å². The molecule has 0 spiro atoms. The summed E-state index contributed by atoms with van der Waals surface area (Å²) < 4.78 is 4.60. The van der Waals surface area contributed by atoms with Crippen molar-refractivity contribution in [2.45, 2.75) is 0 Å². The Bertz CT molecular complexity index is 3170. The van der Waals surface area contributed by atoms with Crippen LogP contribution in [0.4, 0.5) is 0 Å². The zero-order valence-corrected chi connectivity index (χ0v) is 28.0. The van der Waals surface area contributed by atoms with Gasteiger partial charge in [0.1, 0.15) is 17.8 Å². The lowest BCUT2D eigenvalue weighted by molar-refractivity contribution is 1.04. The van der Waals surface area contributed by atoms with Crippen LogP contribution in [0.5, 0.6) is 0 Å². The quantitative estimate of drug-likeness (QED) is 0.176. The van der Waals surface area contributed by atoms with E-state index in [9.17, 15) is 0 Å². The van der Waals surface area contributed by atoms with Crippen molar-refractivity contribution in [1.82, 2.24) is 23.9 Å². The zero-order valence-electron chi connectivity index (χ0n) is 28.0. The Labute approximate surface area is 298 Å². The van der Waals surface area contributed by atoms with E-state index in [0.29, 0.717) is 0 Å². The Morgan fingerprint density at radius 1 is 0.365 bits per heavy atom. The van der Waals surface area contributed by atoms with Gasteiger partial charge in [-0.3, -0.25) is 8.97 Å². The molecule has 0 radical (unpaired) electrons. The molecule has 0 atom stereocenters. The fourth-order valence-corrected chi connectivity index (χ4v) is 7.99. The van der Waals surface area contributed by atoms with Gasteiger partial charge < -0.3 is 0 Å². The maximum atomic E-state index is 5.12. The molecule has 4 aromatic heterocycles. The highest BCUT2D eigenvalue weighted by Crippen LogP contribution is 2.39. The SMILES string of the molecule is c1ccc(-c2ccc(-c3cccc(-c4cc(-n5c6ccccc6c6cc7c8ccccc8c8nc9ccccc9n8c7cc65)ncn4)c3)cc2)cc1. The van der Waals surface area contributed by atoms with Crippen molar-refractivity contribution in [3.05, 3.63) is 176 Å². The van der Waals surface area contributed by atoms with Crippen LogP contribution < -0.4 is 0 Å². The number of hydrogen-bond donors (Lipinski definition) is 0. The lowest BCUT2D eigenvalue weighted by Gasteiger charge is -2.12. The fourth-order valence-electron chi connectivity index (χ4n) is 7.99. The van der Waals surface area contributed by atoms with E-state index in [2.05, 4.69) is 173 Å². The van der Waals surface area contributed by atoms with Gasteiger partial charge in [0.15, 0.2) is 0 Å². The molecule has 0 saturated heterocycles. The maximum Gasteiger partial charge on any atom is 0.146 e. The molecule has 0 aliphatic rings. The summed E-state index contributed by atoms with van der Waals surface area (Å²) in [4.78, 5) is 14.8. The summed E-state index contributed by atoms with van der Waals surface area (Å²) >= 11 is 0. The molecular formula is C47H29N5. The molecule has 0 unspecified atom stereocenters. The molecule has 0 aliphatic carbocycles. The smallest absolute Gasteiger partial charge is 0.146 e. The first-order valence-electron chi connectivity index (χ1n) is 17.5. The van der Waals surface area contributed by atoms with Gasteiger partial charge >= 0.3 is 0 Å². The standard InChI is InChI=1S/C47H29N5/c1-2-11-30(12-3-1)31-21-23-32(24-22-31)33-13-10-14-34(25-33)41-27-46(49-29-48-41)51-42-19-8-6-16-36(42)39-26-38-35-15-4-5-17-37(35)47-50-40-18-7-9-20-43(40)52(47)45(38)28-44(39)51/h1-29H. The third-order valence-electron chi connectivity index (χ3n) is 10.4. The first-order valence-corrected chi connectivity index (χ1v) is 17.5. The van der Waals surface area contributed by atoms with Gasteiger partial charge in [-0.2, -0.15) is 0 Å². The van der Waals surface area contributed by atoms with Crippen LogP contribution in [0.3, 0.4) is 0 Å². The summed E-state index contributed by atoms with van der Waals surface area (Å²) in [6.45, 7) is 0. The molecule has 11 rings (SSSR count).